The zero-order valence-corrected chi connectivity index (χ0v) is 17.0. The van der Waals surface area contributed by atoms with Gasteiger partial charge in [0.1, 0.15) is 0 Å². The fraction of sp³-hybridized carbons (Fsp3) is 0.632. The van der Waals surface area contributed by atoms with Crippen molar-refractivity contribution in [2.24, 2.45) is 11.8 Å². The number of aromatic nitrogens is 2. The zero-order chi connectivity index (χ0) is 19.9. The Morgan fingerprint density at radius 3 is 3.04 bits per heavy atom. The molecule has 0 aliphatic carbocycles. The van der Waals surface area contributed by atoms with Crippen molar-refractivity contribution in [1.82, 2.24) is 19.2 Å². The number of hydrogen-bond donors (Lipinski definition) is 1. The molecule has 0 saturated carbocycles. The Morgan fingerprint density at radius 1 is 1.54 bits per heavy atom. The molecule has 3 aliphatic heterocycles. The standard InChI is InChI=1S/C18H24N4O2S.CH2O2/c1-20(2)9-13-14-10-22(11-18(14)4-3-15(13)24-18)16(23)7-12-8-21-5-6-25-17(21)19-12;2-1-3/h5-6,8,13-15H,3-4,7,9-11H2,1-2H3;1H,(H,2,3)/t13-,14+,15+,18+;/m0./s1. The summed E-state index contributed by atoms with van der Waals surface area (Å²) in [7, 11) is 4.25. The molecule has 2 bridgehead atoms. The normalized spacial score (nSPS) is 30.5. The third kappa shape index (κ3) is 3.31. The molecule has 5 heterocycles. The van der Waals surface area contributed by atoms with Gasteiger partial charge in [0.2, 0.25) is 5.91 Å². The molecule has 152 valence electrons. The Morgan fingerprint density at radius 2 is 2.32 bits per heavy atom. The van der Waals surface area contributed by atoms with E-state index in [1.165, 1.54) is 0 Å². The first-order valence-electron chi connectivity index (χ1n) is 9.55. The van der Waals surface area contributed by atoms with Crippen molar-refractivity contribution in [2.45, 2.75) is 31.0 Å². The minimum Gasteiger partial charge on any atom is -0.483 e. The molecule has 0 unspecified atom stereocenters. The molecule has 2 aromatic heterocycles. The fourth-order valence-electron chi connectivity index (χ4n) is 5.17. The number of ether oxygens (including phenoxy) is 1. The lowest BCUT2D eigenvalue weighted by Crippen LogP contribution is -2.40. The minimum absolute atomic E-state index is 0.0739. The molecule has 1 spiro atoms. The number of nitrogens with zero attached hydrogens (tertiary/aromatic N) is 4. The van der Waals surface area contributed by atoms with Crippen molar-refractivity contribution in [3.63, 3.8) is 0 Å². The Labute approximate surface area is 167 Å². The molecular weight excluding hydrogens is 380 g/mol. The summed E-state index contributed by atoms with van der Waals surface area (Å²) < 4.78 is 8.41. The van der Waals surface area contributed by atoms with Gasteiger partial charge in [-0.1, -0.05) is 0 Å². The van der Waals surface area contributed by atoms with Crippen molar-refractivity contribution in [3.05, 3.63) is 23.5 Å². The van der Waals surface area contributed by atoms with Crippen LogP contribution in [0.25, 0.3) is 4.96 Å². The first-order valence-corrected chi connectivity index (χ1v) is 10.4. The second-order valence-corrected chi connectivity index (χ2v) is 9.05. The van der Waals surface area contributed by atoms with E-state index >= 15 is 0 Å². The summed E-state index contributed by atoms with van der Waals surface area (Å²) in [5, 5.41) is 8.90. The van der Waals surface area contributed by atoms with Gasteiger partial charge in [0, 0.05) is 42.7 Å². The summed E-state index contributed by atoms with van der Waals surface area (Å²) in [6, 6.07) is 0. The van der Waals surface area contributed by atoms with E-state index in [1.807, 2.05) is 27.1 Å². The molecular formula is C19H26N4O4S. The molecule has 5 rings (SSSR count). The quantitative estimate of drug-likeness (QED) is 0.768. The third-order valence-corrected chi connectivity index (χ3v) is 6.96. The minimum atomic E-state index is -0.250. The lowest BCUT2D eigenvalue weighted by Gasteiger charge is -2.30. The SMILES string of the molecule is CN(C)C[C@H]1[C@H]2CN(C(=O)Cc3cn4ccsc4n3)C[C@]23CC[C@H]1O3.O=CO. The van der Waals surface area contributed by atoms with Crippen molar-refractivity contribution in [1.29, 1.82) is 0 Å². The summed E-state index contributed by atoms with van der Waals surface area (Å²) in [5.74, 6) is 1.23. The number of imidazole rings is 1. The van der Waals surface area contributed by atoms with Gasteiger partial charge in [-0.05, 0) is 26.9 Å². The third-order valence-electron chi connectivity index (χ3n) is 6.19. The zero-order valence-electron chi connectivity index (χ0n) is 16.2. The summed E-state index contributed by atoms with van der Waals surface area (Å²) in [6.45, 7) is 2.41. The maximum Gasteiger partial charge on any atom is 0.290 e. The van der Waals surface area contributed by atoms with Crippen molar-refractivity contribution in [3.8, 4) is 0 Å². The second kappa shape index (κ2) is 7.46. The van der Waals surface area contributed by atoms with Crippen LogP contribution < -0.4 is 0 Å². The first kappa shape index (κ1) is 19.4. The number of carbonyl (C=O) groups excluding carboxylic acids is 1. The van der Waals surface area contributed by atoms with E-state index in [4.69, 9.17) is 14.6 Å². The maximum absolute atomic E-state index is 12.9. The van der Waals surface area contributed by atoms with Crippen LogP contribution in [0, 0.1) is 11.8 Å². The number of likely N-dealkylation sites (tertiary alicyclic amines) is 1. The van der Waals surface area contributed by atoms with Crippen LogP contribution in [0.15, 0.2) is 17.8 Å². The summed E-state index contributed by atoms with van der Waals surface area (Å²) in [5.41, 5.74) is 0.789. The van der Waals surface area contributed by atoms with Crippen molar-refractivity contribution < 1.29 is 19.4 Å². The highest BCUT2D eigenvalue weighted by atomic mass is 32.1. The van der Waals surface area contributed by atoms with Crippen LogP contribution in [-0.2, 0) is 20.7 Å². The van der Waals surface area contributed by atoms with Crippen molar-refractivity contribution >= 4 is 28.7 Å². The van der Waals surface area contributed by atoms with E-state index in [-0.39, 0.29) is 18.0 Å². The Kier molecular flexibility index (Phi) is 5.15. The van der Waals surface area contributed by atoms with E-state index in [0.717, 1.165) is 43.1 Å². The van der Waals surface area contributed by atoms with Crippen LogP contribution in [0.1, 0.15) is 18.5 Å². The molecule has 2 aromatic rings. The number of hydrogen-bond acceptors (Lipinski definition) is 6. The van der Waals surface area contributed by atoms with Gasteiger partial charge in [-0.15, -0.1) is 11.3 Å². The fourth-order valence-corrected chi connectivity index (χ4v) is 5.89. The molecule has 3 fully saturated rings. The molecule has 3 aliphatic rings. The Balaban J connectivity index is 0.000000604. The van der Waals surface area contributed by atoms with Gasteiger partial charge in [-0.25, -0.2) is 4.98 Å². The number of fused-ring (bicyclic) bond motifs is 2. The topological polar surface area (TPSA) is 87.4 Å². The summed E-state index contributed by atoms with van der Waals surface area (Å²) in [6.07, 6.45) is 6.99. The van der Waals surface area contributed by atoms with E-state index in [1.54, 1.807) is 11.3 Å². The Bertz CT molecular complexity index is 837. The average Bonchev–Trinajstić information content (AvgIpc) is 3.39. The van der Waals surface area contributed by atoms with Crippen molar-refractivity contribution in [2.75, 3.05) is 33.7 Å². The molecule has 0 aromatic carbocycles. The average molecular weight is 407 g/mol. The molecule has 9 heteroatoms. The highest BCUT2D eigenvalue weighted by Crippen LogP contribution is 2.54. The summed E-state index contributed by atoms with van der Waals surface area (Å²) >= 11 is 1.60. The highest BCUT2D eigenvalue weighted by Gasteiger charge is 2.63. The van der Waals surface area contributed by atoms with E-state index in [9.17, 15) is 4.79 Å². The number of rotatable bonds is 4. The molecule has 28 heavy (non-hydrogen) atoms. The van der Waals surface area contributed by atoms with Crippen LogP contribution in [-0.4, -0.2) is 82.1 Å². The predicted molar refractivity (Wildman–Crippen MR) is 104 cm³/mol. The van der Waals surface area contributed by atoms with Gasteiger partial charge in [0.05, 0.1) is 30.4 Å². The van der Waals surface area contributed by atoms with Gasteiger partial charge < -0.3 is 19.6 Å². The van der Waals surface area contributed by atoms with Crippen LogP contribution >= 0.6 is 11.3 Å². The molecule has 1 amide bonds. The smallest absolute Gasteiger partial charge is 0.290 e. The number of carbonyl (C=O) groups is 2. The van der Waals surface area contributed by atoms with Gasteiger partial charge >= 0.3 is 0 Å². The van der Waals surface area contributed by atoms with Gasteiger partial charge in [-0.3, -0.25) is 14.0 Å². The van der Waals surface area contributed by atoms with Crippen LogP contribution in [0.3, 0.4) is 0 Å². The molecule has 4 atom stereocenters. The molecule has 3 saturated heterocycles. The predicted octanol–water partition coefficient (Wildman–Crippen LogP) is 1.21. The van der Waals surface area contributed by atoms with Crippen LogP contribution in [0.5, 0.6) is 0 Å². The maximum atomic E-state index is 12.9. The molecule has 8 nitrogen and oxygen atoms in total. The van der Waals surface area contributed by atoms with E-state index in [0.29, 0.717) is 24.4 Å². The second-order valence-electron chi connectivity index (χ2n) is 8.17. The number of carboxylic acid groups (broad SMARTS) is 1. The first-order chi connectivity index (χ1) is 13.5. The molecule has 1 N–H and O–H groups in total. The van der Waals surface area contributed by atoms with Crippen LogP contribution in [0.2, 0.25) is 0 Å². The Hall–Kier alpha value is -1.97. The number of thiazole rings is 1. The number of amides is 1. The van der Waals surface area contributed by atoms with E-state index < -0.39 is 0 Å². The highest BCUT2D eigenvalue weighted by molar-refractivity contribution is 7.15. The van der Waals surface area contributed by atoms with Gasteiger partial charge in [0.15, 0.2) is 4.96 Å². The largest absolute Gasteiger partial charge is 0.483 e. The summed E-state index contributed by atoms with van der Waals surface area (Å²) in [4.78, 5) is 31.0. The van der Waals surface area contributed by atoms with E-state index in [2.05, 4.69) is 24.0 Å². The van der Waals surface area contributed by atoms with Gasteiger partial charge in [0.25, 0.3) is 6.47 Å². The monoisotopic (exact) mass is 406 g/mol. The lowest BCUT2D eigenvalue weighted by atomic mass is 9.73. The van der Waals surface area contributed by atoms with Gasteiger partial charge in [-0.2, -0.15) is 0 Å². The lowest BCUT2D eigenvalue weighted by molar-refractivity contribution is -0.131. The van der Waals surface area contributed by atoms with Crippen LogP contribution in [0.4, 0.5) is 0 Å². The molecule has 0 radical (unpaired) electrons.